The molecule has 0 aliphatic rings. The normalized spacial score (nSPS) is 11.9. The Bertz CT molecular complexity index is 599. The highest BCUT2D eigenvalue weighted by Crippen LogP contribution is 2.20. The van der Waals surface area contributed by atoms with Crippen molar-refractivity contribution in [2.24, 2.45) is 0 Å². The number of carbonyl (C=O) groups is 1. The average molecular weight is 290 g/mol. The number of rotatable bonds is 4. The van der Waals surface area contributed by atoms with Crippen molar-refractivity contribution in [3.63, 3.8) is 0 Å². The molecule has 0 heterocycles. The van der Waals surface area contributed by atoms with Crippen LogP contribution < -0.4 is 5.32 Å². The molecular weight excluding hydrogens is 274 g/mol. The largest absolute Gasteiger partial charge is 0.508 e. The van der Waals surface area contributed by atoms with Gasteiger partial charge < -0.3 is 10.4 Å². The quantitative estimate of drug-likeness (QED) is 0.848. The minimum absolute atomic E-state index is 0.114. The molecule has 0 bridgehead atoms. The molecular formula is C16H16ClNO2. The first-order chi connectivity index (χ1) is 9.58. The third kappa shape index (κ3) is 3.52. The van der Waals surface area contributed by atoms with Gasteiger partial charge >= 0.3 is 0 Å². The molecule has 104 valence electrons. The van der Waals surface area contributed by atoms with Crippen molar-refractivity contribution in [3.8, 4) is 5.75 Å². The molecule has 1 unspecified atom stereocenters. The van der Waals surface area contributed by atoms with Gasteiger partial charge in [-0.3, -0.25) is 4.79 Å². The van der Waals surface area contributed by atoms with Crippen LogP contribution in [0.3, 0.4) is 0 Å². The SMILES string of the molecule is Cc1ccc(C(=O)NCC(Cl)c2ccccc2)cc1O. The number of aryl methyl sites for hydroxylation is 1. The minimum atomic E-state index is -0.279. The van der Waals surface area contributed by atoms with Gasteiger partial charge in [0, 0.05) is 12.1 Å². The first kappa shape index (κ1) is 14.4. The summed E-state index contributed by atoms with van der Waals surface area (Å²) < 4.78 is 0. The van der Waals surface area contributed by atoms with E-state index in [0.717, 1.165) is 11.1 Å². The highest BCUT2D eigenvalue weighted by molar-refractivity contribution is 6.21. The monoisotopic (exact) mass is 289 g/mol. The fourth-order valence-electron chi connectivity index (χ4n) is 1.81. The molecule has 2 aromatic carbocycles. The molecule has 0 saturated heterocycles. The molecule has 0 aromatic heterocycles. The van der Waals surface area contributed by atoms with E-state index in [1.807, 2.05) is 30.3 Å². The summed E-state index contributed by atoms with van der Waals surface area (Å²) in [6, 6.07) is 14.4. The molecule has 0 radical (unpaired) electrons. The topological polar surface area (TPSA) is 49.3 Å². The van der Waals surface area contributed by atoms with E-state index in [1.54, 1.807) is 19.1 Å². The number of hydrogen-bond donors (Lipinski definition) is 2. The number of hydrogen-bond acceptors (Lipinski definition) is 2. The van der Waals surface area contributed by atoms with Gasteiger partial charge in [0.25, 0.3) is 5.91 Å². The maximum Gasteiger partial charge on any atom is 0.251 e. The fourth-order valence-corrected chi connectivity index (χ4v) is 2.04. The molecule has 2 rings (SSSR count). The maximum absolute atomic E-state index is 12.0. The van der Waals surface area contributed by atoms with Gasteiger partial charge in [-0.25, -0.2) is 0 Å². The Labute approximate surface area is 123 Å². The van der Waals surface area contributed by atoms with Crippen LogP contribution in [0.25, 0.3) is 0 Å². The van der Waals surface area contributed by atoms with Gasteiger partial charge in [0.15, 0.2) is 0 Å². The van der Waals surface area contributed by atoms with Crippen molar-refractivity contribution in [2.45, 2.75) is 12.3 Å². The third-order valence-electron chi connectivity index (χ3n) is 3.07. The number of phenolic OH excluding ortho intramolecular Hbond substituents is 1. The molecule has 1 atom stereocenters. The van der Waals surface area contributed by atoms with Crippen molar-refractivity contribution in [3.05, 3.63) is 65.2 Å². The number of phenols is 1. The predicted molar refractivity (Wildman–Crippen MR) is 80.2 cm³/mol. The number of amides is 1. The van der Waals surface area contributed by atoms with E-state index in [2.05, 4.69) is 5.32 Å². The number of nitrogens with one attached hydrogen (secondary N) is 1. The molecule has 1 amide bonds. The molecule has 0 aliphatic heterocycles. The van der Waals surface area contributed by atoms with Crippen molar-refractivity contribution >= 4 is 17.5 Å². The molecule has 0 saturated carbocycles. The third-order valence-corrected chi connectivity index (χ3v) is 3.48. The Kier molecular flexibility index (Phi) is 4.64. The molecule has 0 spiro atoms. The van der Waals surface area contributed by atoms with Crippen LogP contribution in [0, 0.1) is 6.92 Å². The molecule has 20 heavy (non-hydrogen) atoms. The van der Waals surface area contributed by atoms with Gasteiger partial charge in [-0.1, -0.05) is 36.4 Å². The van der Waals surface area contributed by atoms with E-state index >= 15 is 0 Å². The summed E-state index contributed by atoms with van der Waals surface area (Å²) in [5.41, 5.74) is 2.12. The van der Waals surface area contributed by atoms with E-state index < -0.39 is 0 Å². The summed E-state index contributed by atoms with van der Waals surface area (Å²) in [6.07, 6.45) is 0. The van der Waals surface area contributed by atoms with E-state index in [9.17, 15) is 9.90 Å². The van der Waals surface area contributed by atoms with Gasteiger partial charge in [0.05, 0.1) is 5.38 Å². The molecule has 2 aromatic rings. The number of carbonyl (C=O) groups excluding carboxylic acids is 1. The zero-order valence-electron chi connectivity index (χ0n) is 11.1. The van der Waals surface area contributed by atoms with Crippen LogP contribution in [0.2, 0.25) is 0 Å². The molecule has 2 N–H and O–H groups in total. The zero-order chi connectivity index (χ0) is 14.5. The van der Waals surface area contributed by atoms with Crippen LogP contribution in [0.15, 0.2) is 48.5 Å². The van der Waals surface area contributed by atoms with Crippen LogP contribution in [-0.2, 0) is 0 Å². The second-order valence-corrected chi connectivity index (χ2v) is 5.12. The first-order valence-electron chi connectivity index (χ1n) is 6.35. The summed E-state index contributed by atoms with van der Waals surface area (Å²) in [5.74, 6) is -0.134. The van der Waals surface area contributed by atoms with E-state index in [0.29, 0.717) is 12.1 Å². The number of aromatic hydroxyl groups is 1. The Hall–Kier alpha value is -2.00. The van der Waals surface area contributed by atoms with Gasteiger partial charge in [0.1, 0.15) is 5.75 Å². The first-order valence-corrected chi connectivity index (χ1v) is 6.78. The molecule has 4 heteroatoms. The van der Waals surface area contributed by atoms with Crippen LogP contribution in [0.4, 0.5) is 0 Å². The summed E-state index contributed by atoms with van der Waals surface area (Å²) in [6.45, 7) is 2.11. The zero-order valence-corrected chi connectivity index (χ0v) is 11.9. The number of halogens is 1. The van der Waals surface area contributed by atoms with Crippen LogP contribution in [0.5, 0.6) is 5.75 Å². The minimum Gasteiger partial charge on any atom is -0.508 e. The van der Waals surface area contributed by atoms with Gasteiger partial charge in [-0.2, -0.15) is 0 Å². The lowest BCUT2D eigenvalue weighted by Crippen LogP contribution is -2.26. The molecule has 0 fully saturated rings. The lowest BCUT2D eigenvalue weighted by atomic mass is 10.1. The van der Waals surface area contributed by atoms with Gasteiger partial charge in [-0.15, -0.1) is 11.6 Å². The number of alkyl halides is 1. The Morgan fingerprint density at radius 2 is 1.95 bits per heavy atom. The average Bonchev–Trinajstić information content (AvgIpc) is 2.48. The van der Waals surface area contributed by atoms with E-state index in [4.69, 9.17) is 11.6 Å². The van der Waals surface area contributed by atoms with Crippen molar-refractivity contribution in [1.29, 1.82) is 0 Å². The summed E-state index contributed by atoms with van der Waals surface area (Å²) >= 11 is 6.23. The molecule has 3 nitrogen and oxygen atoms in total. The van der Waals surface area contributed by atoms with E-state index in [-0.39, 0.29) is 17.0 Å². The highest BCUT2D eigenvalue weighted by atomic mass is 35.5. The smallest absolute Gasteiger partial charge is 0.251 e. The summed E-state index contributed by atoms with van der Waals surface area (Å²) in [4.78, 5) is 12.0. The second-order valence-electron chi connectivity index (χ2n) is 4.59. The standard InChI is InChI=1S/C16H16ClNO2/c1-11-7-8-13(9-15(11)19)16(20)18-10-14(17)12-5-3-2-4-6-12/h2-9,14,19H,10H2,1H3,(H,18,20). The fraction of sp³-hybridized carbons (Fsp3) is 0.188. The van der Waals surface area contributed by atoms with Crippen molar-refractivity contribution in [2.75, 3.05) is 6.54 Å². The van der Waals surface area contributed by atoms with E-state index in [1.165, 1.54) is 6.07 Å². The van der Waals surface area contributed by atoms with Gasteiger partial charge in [-0.05, 0) is 30.2 Å². The Balaban J connectivity index is 1.97. The van der Waals surface area contributed by atoms with Crippen molar-refractivity contribution in [1.82, 2.24) is 5.32 Å². The Morgan fingerprint density at radius 3 is 2.60 bits per heavy atom. The predicted octanol–water partition coefficient (Wildman–Crippen LogP) is 3.41. The highest BCUT2D eigenvalue weighted by Gasteiger charge is 2.11. The lowest BCUT2D eigenvalue weighted by molar-refractivity contribution is 0.0953. The number of benzene rings is 2. The maximum atomic E-state index is 12.0. The second kappa shape index (κ2) is 6.44. The summed E-state index contributed by atoms with van der Waals surface area (Å²) in [5, 5.41) is 12.1. The van der Waals surface area contributed by atoms with Crippen LogP contribution in [0.1, 0.15) is 26.9 Å². The van der Waals surface area contributed by atoms with Crippen LogP contribution in [-0.4, -0.2) is 17.6 Å². The molecule has 0 aliphatic carbocycles. The van der Waals surface area contributed by atoms with Crippen molar-refractivity contribution < 1.29 is 9.90 Å². The van der Waals surface area contributed by atoms with Crippen LogP contribution >= 0.6 is 11.6 Å². The summed E-state index contributed by atoms with van der Waals surface area (Å²) in [7, 11) is 0. The van der Waals surface area contributed by atoms with Gasteiger partial charge in [0.2, 0.25) is 0 Å². The lowest BCUT2D eigenvalue weighted by Gasteiger charge is -2.11. The Morgan fingerprint density at radius 1 is 1.25 bits per heavy atom.